The molecule has 1 fully saturated rings. The molecule has 0 aliphatic carbocycles. The Morgan fingerprint density at radius 1 is 1.77 bits per heavy atom. The van der Waals surface area contributed by atoms with Gasteiger partial charge in [0.15, 0.2) is 0 Å². The summed E-state index contributed by atoms with van der Waals surface area (Å²) >= 11 is 0. The predicted octanol–water partition coefficient (Wildman–Crippen LogP) is -1.41. The van der Waals surface area contributed by atoms with Gasteiger partial charge in [-0.2, -0.15) is 0 Å². The topological polar surface area (TPSA) is 70.0 Å². The average molecular weight is 189 g/mol. The Hall–Kier alpha value is -0.650. The first-order valence-corrected chi connectivity index (χ1v) is 4.14. The molecule has 2 atom stereocenters. The van der Waals surface area contributed by atoms with Gasteiger partial charge in [0.2, 0.25) is 0 Å². The molecule has 0 saturated carbocycles. The summed E-state index contributed by atoms with van der Waals surface area (Å²) in [5.74, 6) is -0.369. The summed E-state index contributed by atoms with van der Waals surface area (Å²) in [6.07, 6.45) is 0.229. The zero-order valence-electron chi connectivity index (χ0n) is 7.86. The van der Waals surface area contributed by atoms with E-state index in [9.17, 15) is 9.90 Å². The lowest BCUT2D eigenvalue weighted by Gasteiger charge is -2.17. The number of esters is 1. The highest BCUT2D eigenvalue weighted by molar-refractivity contribution is 5.76. The summed E-state index contributed by atoms with van der Waals surface area (Å²) < 4.78 is 4.57. The first-order valence-electron chi connectivity index (χ1n) is 4.14. The smallest absolute Gasteiger partial charge is 0.323 e. The lowest BCUT2D eigenvalue weighted by Crippen LogP contribution is -2.35. The molecule has 1 rings (SSSR count). The number of nitrogens with zero attached hydrogens (tertiary/aromatic N) is 1. The number of ether oxygens (including phenoxy) is 1. The molecule has 0 aromatic carbocycles. The van der Waals surface area contributed by atoms with Crippen LogP contribution in [0, 0.1) is 0 Å². The molecule has 1 saturated heterocycles. The molecular weight excluding hydrogens is 174 g/mol. The van der Waals surface area contributed by atoms with E-state index >= 15 is 0 Å². The minimum atomic E-state index is -1.16. The van der Waals surface area contributed by atoms with E-state index in [1.165, 1.54) is 7.11 Å². The molecule has 0 aromatic rings. The molecule has 76 valence electrons. The van der Waals surface area contributed by atoms with Crippen molar-refractivity contribution in [2.24, 2.45) is 0 Å². The van der Waals surface area contributed by atoms with Crippen LogP contribution < -0.4 is 0 Å². The van der Waals surface area contributed by atoms with E-state index in [1.807, 2.05) is 0 Å². The standard InChI is InChI=1S/C8H15NO4/c1-9-4-8(12,5-10)3-6(9)7(11)13-2/h6,10,12H,3-5H2,1-2H3. The van der Waals surface area contributed by atoms with Crippen molar-refractivity contribution in [1.29, 1.82) is 0 Å². The summed E-state index contributed by atoms with van der Waals surface area (Å²) in [6.45, 7) is -0.0336. The number of hydrogen-bond acceptors (Lipinski definition) is 5. The fourth-order valence-corrected chi connectivity index (χ4v) is 1.67. The second kappa shape index (κ2) is 3.61. The quantitative estimate of drug-likeness (QED) is 0.522. The number of aliphatic hydroxyl groups is 2. The summed E-state index contributed by atoms with van der Waals surface area (Å²) in [5, 5.41) is 18.6. The van der Waals surface area contributed by atoms with Gasteiger partial charge in [-0.3, -0.25) is 9.69 Å². The number of methoxy groups -OCH3 is 1. The van der Waals surface area contributed by atoms with Crippen LogP contribution in [0.2, 0.25) is 0 Å². The van der Waals surface area contributed by atoms with E-state index in [4.69, 9.17) is 5.11 Å². The lowest BCUT2D eigenvalue weighted by atomic mass is 10.0. The highest BCUT2D eigenvalue weighted by Gasteiger charge is 2.44. The Bertz CT molecular complexity index is 208. The van der Waals surface area contributed by atoms with Crippen LogP contribution in [0.1, 0.15) is 6.42 Å². The third kappa shape index (κ3) is 1.99. The maximum Gasteiger partial charge on any atom is 0.323 e. The van der Waals surface area contributed by atoms with Gasteiger partial charge in [-0.05, 0) is 7.05 Å². The van der Waals surface area contributed by atoms with Gasteiger partial charge >= 0.3 is 5.97 Å². The molecule has 1 aliphatic rings. The van der Waals surface area contributed by atoms with Gasteiger partial charge in [0.05, 0.1) is 13.7 Å². The number of β-amino-alcohol motifs (C(OH)–C–C–N with tert-alkyl or cyclic N) is 1. The molecule has 13 heavy (non-hydrogen) atoms. The monoisotopic (exact) mass is 189 g/mol. The van der Waals surface area contributed by atoms with Crippen molar-refractivity contribution in [2.45, 2.75) is 18.1 Å². The molecule has 1 aliphatic heterocycles. The van der Waals surface area contributed by atoms with Crippen molar-refractivity contribution in [3.05, 3.63) is 0 Å². The number of rotatable bonds is 2. The van der Waals surface area contributed by atoms with Crippen molar-refractivity contribution in [2.75, 3.05) is 27.3 Å². The minimum absolute atomic E-state index is 0.229. The molecule has 5 heteroatoms. The van der Waals surface area contributed by atoms with E-state index in [0.29, 0.717) is 6.54 Å². The zero-order valence-corrected chi connectivity index (χ0v) is 7.86. The van der Waals surface area contributed by atoms with E-state index in [0.717, 1.165) is 0 Å². The van der Waals surface area contributed by atoms with Crippen molar-refractivity contribution >= 4 is 5.97 Å². The van der Waals surface area contributed by atoms with Gasteiger partial charge in [0, 0.05) is 13.0 Å². The van der Waals surface area contributed by atoms with Gasteiger partial charge in [0.25, 0.3) is 0 Å². The highest BCUT2D eigenvalue weighted by atomic mass is 16.5. The number of likely N-dealkylation sites (tertiary alicyclic amines) is 1. The summed E-state index contributed by atoms with van der Waals surface area (Å²) in [6, 6.07) is -0.442. The SMILES string of the molecule is COC(=O)C1CC(O)(CO)CN1C. The second-order valence-electron chi connectivity index (χ2n) is 3.54. The number of carbonyl (C=O) groups excluding carboxylic acids is 1. The van der Waals surface area contributed by atoms with E-state index in [-0.39, 0.29) is 19.0 Å². The molecule has 0 radical (unpaired) electrons. The molecule has 0 spiro atoms. The Balaban J connectivity index is 2.66. The summed E-state index contributed by atoms with van der Waals surface area (Å²) in [5.41, 5.74) is -1.16. The largest absolute Gasteiger partial charge is 0.468 e. The highest BCUT2D eigenvalue weighted by Crippen LogP contribution is 2.25. The molecule has 0 bridgehead atoms. The zero-order chi connectivity index (χ0) is 10.1. The maximum atomic E-state index is 11.2. The molecular formula is C8H15NO4. The van der Waals surface area contributed by atoms with Crippen molar-refractivity contribution < 1.29 is 19.7 Å². The molecule has 5 nitrogen and oxygen atoms in total. The van der Waals surface area contributed by atoms with Crippen LogP contribution in [0.15, 0.2) is 0 Å². The van der Waals surface area contributed by atoms with Gasteiger partial charge in [-0.15, -0.1) is 0 Å². The fourth-order valence-electron chi connectivity index (χ4n) is 1.67. The van der Waals surface area contributed by atoms with E-state index < -0.39 is 11.6 Å². The molecule has 0 amide bonds. The third-order valence-corrected chi connectivity index (χ3v) is 2.42. The van der Waals surface area contributed by atoms with Crippen LogP contribution in [0.3, 0.4) is 0 Å². The van der Waals surface area contributed by atoms with Crippen LogP contribution in [-0.4, -0.2) is 60.0 Å². The molecule has 0 aromatic heterocycles. The second-order valence-corrected chi connectivity index (χ2v) is 3.54. The van der Waals surface area contributed by atoms with Crippen LogP contribution in [0.4, 0.5) is 0 Å². The van der Waals surface area contributed by atoms with Crippen LogP contribution in [-0.2, 0) is 9.53 Å². The van der Waals surface area contributed by atoms with Gasteiger partial charge < -0.3 is 14.9 Å². The Morgan fingerprint density at radius 3 is 2.77 bits per heavy atom. The number of aliphatic hydroxyl groups excluding tert-OH is 1. The van der Waals surface area contributed by atoms with Crippen molar-refractivity contribution in [1.82, 2.24) is 4.90 Å². The predicted molar refractivity (Wildman–Crippen MR) is 45.1 cm³/mol. The maximum absolute atomic E-state index is 11.2. The summed E-state index contributed by atoms with van der Waals surface area (Å²) in [7, 11) is 3.03. The first-order chi connectivity index (χ1) is 6.02. The van der Waals surface area contributed by atoms with E-state index in [1.54, 1.807) is 11.9 Å². The van der Waals surface area contributed by atoms with Gasteiger partial charge in [-0.1, -0.05) is 0 Å². The third-order valence-electron chi connectivity index (χ3n) is 2.42. The minimum Gasteiger partial charge on any atom is -0.468 e. The molecule has 1 heterocycles. The van der Waals surface area contributed by atoms with Crippen LogP contribution in [0.25, 0.3) is 0 Å². The number of likely N-dealkylation sites (N-methyl/N-ethyl adjacent to an activating group) is 1. The Labute approximate surface area is 76.9 Å². The number of hydrogen-bond donors (Lipinski definition) is 2. The first kappa shape index (κ1) is 10.4. The van der Waals surface area contributed by atoms with Gasteiger partial charge in [-0.25, -0.2) is 0 Å². The van der Waals surface area contributed by atoms with Crippen LogP contribution in [0.5, 0.6) is 0 Å². The number of carbonyl (C=O) groups is 1. The fraction of sp³-hybridized carbons (Fsp3) is 0.875. The van der Waals surface area contributed by atoms with Gasteiger partial charge in [0.1, 0.15) is 11.6 Å². The van der Waals surface area contributed by atoms with Crippen molar-refractivity contribution in [3.63, 3.8) is 0 Å². The normalized spacial score (nSPS) is 34.9. The lowest BCUT2D eigenvalue weighted by molar-refractivity contribution is -0.145. The summed E-state index contributed by atoms with van der Waals surface area (Å²) in [4.78, 5) is 12.9. The van der Waals surface area contributed by atoms with Crippen molar-refractivity contribution in [3.8, 4) is 0 Å². The molecule has 2 unspecified atom stereocenters. The van der Waals surface area contributed by atoms with E-state index in [2.05, 4.69) is 4.74 Å². The Morgan fingerprint density at radius 2 is 2.38 bits per heavy atom. The average Bonchev–Trinajstić information content (AvgIpc) is 2.42. The molecule has 2 N–H and O–H groups in total. The Kier molecular flexibility index (Phi) is 2.90. The van der Waals surface area contributed by atoms with Crippen LogP contribution >= 0.6 is 0 Å².